The maximum atomic E-state index is 12.5. The van der Waals surface area contributed by atoms with Gasteiger partial charge in [-0.2, -0.15) is 0 Å². The van der Waals surface area contributed by atoms with E-state index in [0.29, 0.717) is 31.7 Å². The average Bonchev–Trinajstić information content (AvgIpc) is 3.12. The Bertz CT molecular complexity index is 952. The van der Waals surface area contributed by atoms with Gasteiger partial charge in [-0.1, -0.05) is 11.3 Å². The molecule has 3 rings (SSSR count). The van der Waals surface area contributed by atoms with E-state index in [1.165, 1.54) is 0 Å². The number of carbonyl (C=O) groups is 1. The lowest BCUT2D eigenvalue weighted by Gasteiger charge is -2.12. The Morgan fingerprint density at radius 2 is 1.82 bits per heavy atom. The third-order valence-electron chi connectivity index (χ3n) is 4.38. The number of aryl methyl sites for hydroxylation is 1. The van der Waals surface area contributed by atoms with Crippen molar-refractivity contribution in [3.8, 4) is 11.5 Å². The molecule has 1 aromatic heterocycles. The molecule has 0 atom stereocenters. The minimum absolute atomic E-state index is 0.121. The van der Waals surface area contributed by atoms with E-state index in [0.717, 1.165) is 34.6 Å². The molecule has 0 saturated heterocycles. The molecular weight excluding hydrogens is 356 g/mol. The summed E-state index contributed by atoms with van der Waals surface area (Å²) in [6, 6.07) is 11.3. The molecule has 0 radical (unpaired) electrons. The van der Waals surface area contributed by atoms with Crippen molar-refractivity contribution in [1.82, 2.24) is 20.3 Å². The van der Waals surface area contributed by atoms with E-state index < -0.39 is 0 Å². The first-order valence-electron chi connectivity index (χ1n) is 9.66. The highest BCUT2D eigenvalue weighted by Crippen LogP contribution is 2.28. The first kappa shape index (κ1) is 19.7. The van der Waals surface area contributed by atoms with Crippen LogP contribution in [-0.4, -0.2) is 40.7 Å². The monoisotopic (exact) mass is 382 g/mol. The minimum Gasteiger partial charge on any atom is -0.490 e. The standard InChI is InChI=1S/C21H26N4O3/c1-4-25-18-9-8-16(14-17(18)23-24-25)21(26)22-12-11-15-7-10-19(27-5-2)20(13-15)28-6-3/h7-10,13-14H,4-6,11-12H2,1-3H3,(H,22,26). The highest BCUT2D eigenvalue weighted by atomic mass is 16.5. The van der Waals surface area contributed by atoms with Crippen molar-refractivity contribution in [3.05, 3.63) is 47.5 Å². The van der Waals surface area contributed by atoms with Crippen molar-refractivity contribution < 1.29 is 14.3 Å². The molecule has 1 N–H and O–H groups in total. The lowest BCUT2D eigenvalue weighted by atomic mass is 10.1. The second kappa shape index (κ2) is 9.21. The Labute approximate surface area is 164 Å². The van der Waals surface area contributed by atoms with Crippen molar-refractivity contribution >= 4 is 16.9 Å². The van der Waals surface area contributed by atoms with E-state index >= 15 is 0 Å². The van der Waals surface area contributed by atoms with E-state index in [4.69, 9.17) is 9.47 Å². The minimum atomic E-state index is -0.121. The van der Waals surface area contributed by atoms with Crippen molar-refractivity contribution in [2.75, 3.05) is 19.8 Å². The molecule has 0 aliphatic rings. The summed E-state index contributed by atoms with van der Waals surface area (Å²) in [5.41, 5.74) is 3.31. The number of fused-ring (bicyclic) bond motifs is 1. The quantitative estimate of drug-likeness (QED) is 0.615. The number of amides is 1. The Kier molecular flexibility index (Phi) is 6.47. The van der Waals surface area contributed by atoms with Crippen LogP contribution in [0, 0.1) is 0 Å². The first-order valence-corrected chi connectivity index (χ1v) is 9.66. The van der Waals surface area contributed by atoms with Crippen LogP contribution in [0.4, 0.5) is 0 Å². The van der Waals surface area contributed by atoms with E-state index in [-0.39, 0.29) is 5.91 Å². The van der Waals surface area contributed by atoms with Crippen LogP contribution in [0.5, 0.6) is 11.5 Å². The summed E-state index contributed by atoms with van der Waals surface area (Å²) < 4.78 is 13.0. The highest BCUT2D eigenvalue weighted by Gasteiger charge is 2.10. The van der Waals surface area contributed by atoms with Crippen LogP contribution in [0.2, 0.25) is 0 Å². The summed E-state index contributed by atoms with van der Waals surface area (Å²) in [4.78, 5) is 12.5. The van der Waals surface area contributed by atoms with Crippen LogP contribution in [0.3, 0.4) is 0 Å². The summed E-state index contributed by atoms with van der Waals surface area (Å²) in [5.74, 6) is 1.35. The van der Waals surface area contributed by atoms with Crippen LogP contribution < -0.4 is 14.8 Å². The molecule has 0 aliphatic heterocycles. The lowest BCUT2D eigenvalue weighted by molar-refractivity contribution is 0.0954. The SMILES string of the molecule is CCOc1ccc(CCNC(=O)c2ccc3c(c2)nnn3CC)cc1OCC. The van der Waals surface area contributed by atoms with Crippen LogP contribution in [0.15, 0.2) is 36.4 Å². The summed E-state index contributed by atoms with van der Waals surface area (Å²) >= 11 is 0. The number of nitrogens with one attached hydrogen (secondary N) is 1. The van der Waals surface area contributed by atoms with Crippen LogP contribution >= 0.6 is 0 Å². The Balaban J connectivity index is 1.61. The molecule has 1 heterocycles. The molecule has 7 nitrogen and oxygen atoms in total. The van der Waals surface area contributed by atoms with E-state index in [2.05, 4.69) is 15.6 Å². The number of aromatic nitrogens is 3. The lowest BCUT2D eigenvalue weighted by Crippen LogP contribution is -2.25. The number of ether oxygens (including phenoxy) is 2. The summed E-state index contributed by atoms with van der Waals surface area (Å²) in [5, 5.41) is 11.1. The van der Waals surface area contributed by atoms with Crippen molar-refractivity contribution in [2.45, 2.75) is 33.7 Å². The summed E-state index contributed by atoms with van der Waals surface area (Å²) in [6.07, 6.45) is 0.701. The number of rotatable bonds is 9. The van der Waals surface area contributed by atoms with Gasteiger partial charge >= 0.3 is 0 Å². The topological polar surface area (TPSA) is 78.3 Å². The normalized spacial score (nSPS) is 10.8. The first-order chi connectivity index (χ1) is 13.7. The molecular formula is C21H26N4O3. The molecule has 28 heavy (non-hydrogen) atoms. The maximum absolute atomic E-state index is 12.5. The van der Waals surface area contributed by atoms with Crippen LogP contribution in [0.25, 0.3) is 11.0 Å². The fraction of sp³-hybridized carbons (Fsp3) is 0.381. The smallest absolute Gasteiger partial charge is 0.251 e. The van der Waals surface area contributed by atoms with Gasteiger partial charge in [0.15, 0.2) is 11.5 Å². The van der Waals surface area contributed by atoms with Gasteiger partial charge in [-0.05, 0) is 63.1 Å². The summed E-state index contributed by atoms with van der Waals surface area (Å²) in [6.45, 7) is 8.33. The summed E-state index contributed by atoms with van der Waals surface area (Å²) in [7, 11) is 0. The van der Waals surface area contributed by atoms with Gasteiger partial charge in [0.2, 0.25) is 0 Å². The van der Waals surface area contributed by atoms with Crippen molar-refractivity contribution in [2.24, 2.45) is 0 Å². The van der Waals surface area contributed by atoms with Crippen LogP contribution in [-0.2, 0) is 13.0 Å². The van der Waals surface area contributed by atoms with E-state index in [9.17, 15) is 4.79 Å². The fourth-order valence-corrected chi connectivity index (χ4v) is 3.02. The number of carbonyl (C=O) groups excluding carboxylic acids is 1. The van der Waals surface area contributed by atoms with Gasteiger partial charge in [-0.15, -0.1) is 5.10 Å². The molecule has 1 amide bonds. The Morgan fingerprint density at radius 3 is 2.57 bits per heavy atom. The molecule has 0 fully saturated rings. The number of hydrogen-bond acceptors (Lipinski definition) is 5. The largest absolute Gasteiger partial charge is 0.490 e. The Morgan fingerprint density at radius 1 is 1.04 bits per heavy atom. The molecule has 0 bridgehead atoms. The molecule has 0 unspecified atom stereocenters. The predicted molar refractivity (Wildman–Crippen MR) is 108 cm³/mol. The van der Waals surface area contributed by atoms with Crippen molar-refractivity contribution in [1.29, 1.82) is 0 Å². The highest BCUT2D eigenvalue weighted by molar-refractivity contribution is 5.97. The number of hydrogen-bond donors (Lipinski definition) is 1. The molecule has 0 spiro atoms. The van der Waals surface area contributed by atoms with E-state index in [1.807, 2.05) is 45.0 Å². The second-order valence-electron chi connectivity index (χ2n) is 6.26. The van der Waals surface area contributed by atoms with Gasteiger partial charge in [-0.25, -0.2) is 4.68 Å². The van der Waals surface area contributed by atoms with Gasteiger partial charge in [0.05, 0.1) is 18.7 Å². The number of nitrogens with zero attached hydrogens (tertiary/aromatic N) is 3. The number of benzene rings is 2. The zero-order valence-corrected chi connectivity index (χ0v) is 16.6. The maximum Gasteiger partial charge on any atom is 0.251 e. The van der Waals surface area contributed by atoms with Crippen LogP contribution in [0.1, 0.15) is 36.7 Å². The predicted octanol–water partition coefficient (Wildman–Crippen LogP) is 3.22. The fourth-order valence-electron chi connectivity index (χ4n) is 3.02. The van der Waals surface area contributed by atoms with Gasteiger partial charge in [0.25, 0.3) is 5.91 Å². The van der Waals surface area contributed by atoms with Crippen molar-refractivity contribution in [3.63, 3.8) is 0 Å². The average molecular weight is 382 g/mol. The van der Waals surface area contributed by atoms with Gasteiger partial charge in [-0.3, -0.25) is 4.79 Å². The molecule has 0 saturated carbocycles. The zero-order valence-electron chi connectivity index (χ0n) is 16.6. The zero-order chi connectivity index (χ0) is 19.9. The van der Waals surface area contributed by atoms with E-state index in [1.54, 1.807) is 16.8 Å². The third-order valence-corrected chi connectivity index (χ3v) is 4.38. The molecule has 2 aromatic carbocycles. The molecule has 7 heteroatoms. The third kappa shape index (κ3) is 4.42. The Hall–Kier alpha value is -3.09. The van der Waals surface area contributed by atoms with Gasteiger partial charge in [0.1, 0.15) is 5.52 Å². The molecule has 0 aliphatic carbocycles. The molecule has 148 valence electrons. The van der Waals surface area contributed by atoms with Gasteiger partial charge < -0.3 is 14.8 Å². The van der Waals surface area contributed by atoms with Gasteiger partial charge in [0, 0.05) is 18.7 Å². The second-order valence-corrected chi connectivity index (χ2v) is 6.26. The molecule has 3 aromatic rings.